The molecule has 140 valence electrons. The van der Waals surface area contributed by atoms with Crippen molar-refractivity contribution >= 4 is 6.09 Å². The van der Waals surface area contributed by atoms with Crippen LogP contribution in [0.15, 0.2) is 0 Å². The maximum Gasteiger partial charge on any atom is 0.410 e. The SMILES string of the molecule is CC(C)N(C)C1(C2CCCCC2)CCN(C(=O)OC(C)(C)C)CC1. The number of carbonyl (C=O) groups excluding carboxylic acids is 1. The Bertz CT molecular complexity index is 414. The molecule has 2 fully saturated rings. The molecule has 0 aromatic rings. The van der Waals surface area contributed by atoms with Crippen molar-refractivity contribution in [2.24, 2.45) is 5.92 Å². The molecule has 2 aliphatic rings. The summed E-state index contributed by atoms with van der Waals surface area (Å²) < 4.78 is 5.57. The maximum absolute atomic E-state index is 12.4. The van der Waals surface area contributed by atoms with Gasteiger partial charge in [-0.2, -0.15) is 0 Å². The number of piperidine rings is 1. The molecule has 0 aromatic carbocycles. The molecule has 0 bridgehead atoms. The highest BCUT2D eigenvalue weighted by molar-refractivity contribution is 5.68. The Hall–Kier alpha value is -0.770. The second kappa shape index (κ2) is 7.63. The second-order valence-electron chi connectivity index (χ2n) is 9.11. The molecule has 0 spiro atoms. The summed E-state index contributed by atoms with van der Waals surface area (Å²) >= 11 is 0. The summed E-state index contributed by atoms with van der Waals surface area (Å²) in [5, 5.41) is 0. The molecule has 1 saturated carbocycles. The fourth-order valence-corrected chi connectivity index (χ4v) is 4.61. The molecule has 0 unspecified atom stereocenters. The average Bonchev–Trinajstić information content (AvgIpc) is 2.53. The number of ether oxygens (including phenoxy) is 1. The molecule has 0 N–H and O–H groups in total. The minimum atomic E-state index is -0.413. The van der Waals surface area contributed by atoms with E-state index in [2.05, 4.69) is 25.8 Å². The molecular weight excluding hydrogens is 300 g/mol. The third-order valence-corrected chi connectivity index (χ3v) is 6.12. The highest BCUT2D eigenvalue weighted by Crippen LogP contribution is 2.43. The summed E-state index contributed by atoms with van der Waals surface area (Å²) in [6.07, 6.45) is 8.83. The van der Waals surface area contributed by atoms with E-state index in [0.29, 0.717) is 6.04 Å². The predicted octanol–water partition coefficient (Wildman–Crippen LogP) is 4.68. The van der Waals surface area contributed by atoms with Gasteiger partial charge in [0.05, 0.1) is 0 Å². The predicted molar refractivity (Wildman–Crippen MR) is 99.2 cm³/mol. The molecule has 2 rings (SSSR count). The largest absolute Gasteiger partial charge is 0.444 e. The lowest BCUT2D eigenvalue weighted by Gasteiger charge is -2.54. The summed E-state index contributed by atoms with van der Waals surface area (Å²) in [5.74, 6) is 0.777. The zero-order chi connectivity index (χ0) is 18.0. The van der Waals surface area contributed by atoms with Crippen molar-refractivity contribution in [2.45, 2.75) is 96.7 Å². The topological polar surface area (TPSA) is 32.8 Å². The molecule has 1 amide bonds. The van der Waals surface area contributed by atoms with E-state index in [-0.39, 0.29) is 11.6 Å². The molecule has 4 nitrogen and oxygen atoms in total. The van der Waals surface area contributed by atoms with Crippen molar-refractivity contribution in [3.63, 3.8) is 0 Å². The van der Waals surface area contributed by atoms with Crippen molar-refractivity contribution in [1.29, 1.82) is 0 Å². The highest BCUT2D eigenvalue weighted by atomic mass is 16.6. The molecule has 0 atom stereocenters. The van der Waals surface area contributed by atoms with Gasteiger partial charge < -0.3 is 9.64 Å². The van der Waals surface area contributed by atoms with Crippen molar-refractivity contribution in [1.82, 2.24) is 9.80 Å². The number of likely N-dealkylation sites (tertiary alicyclic amines) is 1. The van der Waals surface area contributed by atoms with E-state index in [4.69, 9.17) is 4.74 Å². The maximum atomic E-state index is 12.4. The highest BCUT2D eigenvalue weighted by Gasteiger charge is 2.46. The summed E-state index contributed by atoms with van der Waals surface area (Å²) in [5.41, 5.74) is -0.156. The van der Waals surface area contributed by atoms with Crippen LogP contribution in [0.25, 0.3) is 0 Å². The van der Waals surface area contributed by atoms with Crippen molar-refractivity contribution in [2.75, 3.05) is 20.1 Å². The lowest BCUT2D eigenvalue weighted by molar-refractivity contribution is -0.0423. The molecule has 0 aromatic heterocycles. The van der Waals surface area contributed by atoms with Gasteiger partial charge in [0.1, 0.15) is 5.60 Å². The first-order chi connectivity index (χ1) is 11.2. The number of rotatable bonds is 3. The van der Waals surface area contributed by atoms with Gasteiger partial charge in [0.15, 0.2) is 0 Å². The van der Waals surface area contributed by atoms with E-state index in [9.17, 15) is 4.79 Å². The normalized spacial score (nSPS) is 22.9. The van der Waals surface area contributed by atoms with Gasteiger partial charge in [-0.05, 0) is 73.3 Å². The first-order valence-electron chi connectivity index (χ1n) is 9.86. The third-order valence-electron chi connectivity index (χ3n) is 6.12. The van der Waals surface area contributed by atoms with Gasteiger partial charge in [-0.3, -0.25) is 4.90 Å². The molecule has 1 heterocycles. The van der Waals surface area contributed by atoms with E-state index < -0.39 is 5.60 Å². The van der Waals surface area contributed by atoms with Crippen LogP contribution in [0.5, 0.6) is 0 Å². The fourth-order valence-electron chi connectivity index (χ4n) is 4.61. The lowest BCUT2D eigenvalue weighted by atomic mass is 9.68. The quantitative estimate of drug-likeness (QED) is 0.749. The summed E-state index contributed by atoms with van der Waals surface area (Å²) in [7, 11) is 2.29. The minimum Gasteiger partial charge on any atom is -0.444 e. The van der Waals surface area contributed by atoms with Crippen LogP contribution in [0.2, 0.25) is 0 Å². The van der Waals surface area contributed by atoms with Crippen LogP contribution in [0.1, 0.15) is 79.6 Å². The first kappa shape index (κ1) is 19.6. The molecule has 4 heteroatoms. The molecule has 24 heavy (non-hydrogen) atoms. The second-order valence-corrected chi connectivity index (χ2v) is 9.11. The first-order valence-corrected chi connectivity index (χ1v) is 9.86. The van der Waals surface area contributed by atoms with Gasteiger partial charge in [0.25, 0.3) is 0 Å². The van der Waals surface area contributed by atoms with E-state index in [1.54, 1.807) is 0 Å². The van der Waals surface area contributed by atoms with Gasteiger partial charge in [-0.15, -0.1) is 0 Å². The summed E-state index contributed by atoms with van der Waals surface area (Å²) in [6, 6.07) is 0.542. The number of nitrogens with zero attached hydrogens (tertiary/aromatic N) is 2. The van der Waals surface area contributed by atoms with E-state index in [1.165, 1.54) is 32.1 Å². The molecule has 1 aliphatic carbocycles. The van der Waals surface area contributed by atoms with Gasteiger partial charge in [-0.25, -0.2) is 4.79 Å². The van der Waals surface area contributed by atoms with Crippen molar-refractivity contribution in [3.8, 4) is 0 Å². The van der Waals surface area contributed by atoms with Crippen LogP contribution < -0.4 is 0 Å². The Morgan fingerprint density at radius 2 is 1.67 bits per heavy atom. The Labute approximate surface area is 148 Å². The van der Waals surface area contributed by atoms with Crippen LogP contribution in [-0.2, 0) is 4.74 Å². The van der Waals surface area contributed by atoms with Gasteiger partial charge >= 0.3 is 6.09 Å². The Balaban J connectivity index is 2.08. The van der Waals surface area contributed by atoms with Gasteiger partial charge in [0.2, 0.25) is 0 Å². The van der Waals surface area contributed by atoms with E-state index in [1.807, 2.05) is 25.7 Å². The molecular formula is C20H38N2O2. The Kier molecular flexibility index (Phi) is 6.22. The average molecular weight is 339 g/mol. The number of hydrogen-bond donors (Lipinski definition) is 0. The van der Waals surface area contributed by atoms with Crippen LogP contribution in [0, 0.1) is 5.92 Å². The number of hydrogen-bond acceptors (Lipinski definition) is 3. The smallest absolute Gasteiger partial charge is 0.410 e. The molecule has 1 aliphatic heterocycles. The van der Waals surface area contributed by atoms with Crippen molar-refractivity contribution in [3.05, 3.63) is 0 Å². The molecule has 0 radical (unpaired) electrons. The zero-order valence-electron chi connectivity index (χ0n) is 16.7. The monoisotopic (exact) mass is 338 g/mol. The van der Waals surface area contributed by atoms with Gasteiger partial charge in [-0.1, -0.05) is 19.3 Å². The van der Waals surface area contributed by atoms with Crippen LogP contribution in [-0.4, -0.2) is 53.2 Å². The summed E-state index contributed by atoms with van der Waals surface area (Å²) in [4.78, 5) is 16.9. The van der Waals surface area contributed by atoms with Crippen LogP contribution >= 0.6 is 0 Å². The van der Waals surface area contributed by atoms with Crippen LogP contribution in [0.3, 0.4) is 0 Å². The van der Waals surface area contributed by atoms with Crippen LogP contribution in [0.4, 0.5) is 4.79 Å². The zero-order valence-corrected chi connectivity index (χ0v) is 16.7. The summed E-state index contributed by atoms with van der Waals surface area (Å²) in [6.45, 7) is 12.1. The van der Waals surface area contributed by atoms with Crippen molar-refractivity contribution < 1.29 is 9.53 Å². The fraction of sp³-hybridized carbons (Fsp3) is 0.950. The minimum absolute atomic E-state index is 0.146. The molecule has 1 saturated heterocycles. The Morgan fingerprint density at radius 3 is 2.12 bits per heavy atom. The van der Waals surface area contributed by atoms with Gasteiger partial charge in [0, 0.05) is 24.7 Å². The van der Waals surface area contributed by atoms with E-state index in [0.717, 1.165) is 31.8 Å². The lowest BCUT2D eigenvalue weighted by Crippen LogP contribution is -2.61. The van der Waals surface area contributed by atoms with E-state index >= 15 is 0 Å². The Morgan fingerprint density at radius 1 is 1.12 bits per heavy atom. The number of carbonyl (C=O) groups is 1. The number of amides is 1. The standard InChI is InChI=1S/C20H38N2O2/c1-16(2)21(6)20(17-10-8-7-9-11-17)12-14-22(15-13-20)18(23)24-19(3,4)5/h16-17H,7-15H2,1-6H3. The third kappa shape index (κ3) is 4.44.